The molecule has 4 rings (SSSR count). The number of hydrogen-bond acceptors (Lipinski definition) is 3. The predicted molar refractivity (Wildman–Crippen MR) is 110 cm³/mol. The van der Waals surface area contributed by atoms with Crippen molar-refractivity contribution in [3.05, 3.63) is 71.8 Å². The second kappa shape index (κ2) is 7.82. The summed E-state index contributed by atoms with van der Waals surface area (Å²) in [5, 5.41) is 12.7. The Labute approximate surface area is 166 Å². The fraction of sp³-hybridized carbons (Fsp3) is 0.136. The van der Waals surface area contributed by atoms with Gasteiger partial charge in [-0.05, 0) is 30.0 Å². The number of nitrogens with zero attached hydrogens (tertiary/aromatic N) is 1. The zero-order valence-electron chi connectivity index (χ0n) is 15.0. The number of halogens is 1. The van der Waals surface area contributed by atoms with E-state index in [0.717, 1.165) is 27.4 Å². The minimum atomic E-state index is -1.35. The van der Waals surface area contributed by atoms with E-state index in [1.807, 2.05) is 53.1 Å². The monoisotopic (exact) mass is 395 g/mol. The Hall–Kier alpha value is -3.18. The number of benzene rings is 3. The van der Waals surface area contributed by atoms with Gasteiger partial charge in [-0.3, -0.25) is 0 Å². The summed E-state index contributed by atoms with van der Waals surface area (Å²) in [7, 11) is 0. The maximum absolute atomic E-state index is 11.0. The molecule has 0 radical (unpaired) electrons. The van der Waals surface area contributed by atoms with Crippen molar-refractivity contribution in [2.75, 3.05) is 6.61 Å². The number of aryl methyl sites for hydroxylation is 1. The van der Waals surface area contributed by atoms with Crippen molar-refractivity contribution in [3.8, 4) is 11.6 Å². The molecule has 0 fully saturated rings. The van der Waals surface area contributed by atoms with Crippen molar-refractivity contribution in [1.29, 1.82) is 0 Å². The van der Waals surface area contributed by atoms with Crippen LogP contribution in [0.5, 0.6) is 11.6 Å². The summed E-state index contributed by atoms with van der Waals surface area (Å²) >= 11 is 6.11. The molecule has 0 spiro atoms. The van der Waals surface area contributed by atoms with Crippen LogP contribution < -0.4 is 9.47 Å². The quantitative estimate of drug-likeness (QED) is 0.322. The van der Waals surface area contributed by atoms with Crippen LogP contribution in [0, 0.1) is 0 Å². The SMILES string of the molecule is O=C(O)Oc1cc2ccc(Cl)cc2n1CCCOc1cccc2ccccc12. The molecule has 0 bridgehead atoms. The first-order valence-corrected chi connectivity index (χ1v) is 9.30. The van der Waals surface area contributed by atoms with Crippen molar-refractivity contribution in [1.82, 2.24) is 4.57 Å². The molecule has 0 saturated carbocycles. The van der Waals surface area contributed by atoms with Crippen LogP contribution in [0.1, 0.15) is 6.42 Å². The fourth-order valence-electron chi connectivity index (χ4n) is 3.33. The molecule has 0 aliphatic heterocycles. The van der Waals surface area contributed by atoms with Gasteiger partial charge in [-0.2, -0.15) is 0 Å². The minimum Gasteiger partial charge on any atom is -0.493 e. The van der Waals surface area contributed by atoms with E-state index in [1.165, 1.54) is 0 Å². The van der Waals surface area contributed by atoms with Crippen molar-refractivity contribution < 1.29 is 19.4 Å². The van der Waals surface area contributed by atoms with E-state index in [2.05, 4.69) is 0 Å². The van der Waals surface area contributed by atoms with Gasteiger partial charge in [0.15, 0.2) is 0 Å². The van der Waals surface area contributed by atoms with E-state index in [0.29, 0.717) is 24.6 Å². The maximum atomic E-state index is 11.0. The number of carbonyl (C=O) groups is 1. The third-order valence-corrected chi connectivity index (χ3v) is 4.79. The molecule has 1 N–H and O–H groups in total. The fourth-order valence-corrected chi connectivity index (χ4v) is 3.50. The van der Waals surface area contributed by atoms with Gasteiger partial charge in [0.25, 0.3) is 0 Å². The van der Waals surface area contributed by atoms with Gasteiger partial charge in [-0.15, -0.1) is 0 Å². The van der Waals surface area contributed by atoms with Crippen LogP contribution in [0.4, 0.5) is 4.79 Å². The Morgan fingerprint density at radius 3 is 2.68 bits per heavy atom. The highest BCUT2D eigenvalue weighted by Crippen LogP contribution is 2.29. The van der Waals surface area contributed by atoms with Crippen LogP contribution in [0.3, 0.4) is 0 Å². The van der Waals surface area contributed by atoms with E-state index in [9.17, 15) is 4.79 Å². The van der Waals surface area contributed by atoms with E-state index in [4.69, 9.17) is 26.2 Å². The van der Waals surface area contributed by atoms with Gasteiger partial charge in [-0.25, -0.2) is 4.79 Å². The van der Waals surface area contributed by atoms with E-state index in [-0.39, 0.29) is 5.88 Å². The van der Waals surface area contributed by atoms with Crippen LogP contribution in [0.15, 0.2) is 66.7 Å². The lowest BCUT2D eigenvalue weighted by Gasteiger charge is -2.12. The van der Waals surface area contributed by atoms with Gasteiger partial charge in [0.05, 0.1) is 12.1 Å². The molecule has 0 saturated heterocycles. The normalized spacial score (nSPS) is 11.0. The molecule has 1 heterocycles. The molecule has 0 amide bonds. The van der Waals surface area contributed by atoms with Crippen molar-refractivity contribution in [3.63, 3.8) is 0 Å². The second-order valence-corrected chi connectivity index (χ2v) is 6.82. The number of rotatable bonds is 6. The molecule has 4 aromatic rings. The molecule has 28 heavy (non-hydrogen) atoms. The third-order valence-electron chi connectivity index (χ3n) is 4.55. The van der Waals surface area contributed by atoms with E-state index < -0.39 is 6.16 Å². The second-order valence-electron chi connectivity index (χ2n) is 6.38. The topological polar surface area (TPSA) is 60.7 Å². The smallest absolute Gasteiger partial charge is 0.493 e. The summed E-state index contributed by atoms with van der Waals surface area (Å²) in [6, 6.07) is 21.1. The summed E-state index contributed by atoms with van der Waals surface area (Å²) in [6.07, 6.45) is -0.669. The predicted octanol–water partition coefficient (Wildman–Crippen LogP) is 5.97. The molecular formula is C22H18ClNO4. The summed E-state index contributed by atoms with van der Waals surface area (Å²) in [4.78, 5) is 11.0. The van der Waals surface area contributed by atoms with Crippen molar-refractivity contribution in [2.45, 2.75) is 13.0 Å². The summed E-state index contributed by atoms with van der Waals surface area (Å²) < 4.78 is 12.7. The molecular weight excluding hydrogens is 378 g/mol. The lowest BCUT2D eigenvalue weighted by Crippen LogP contribution is -2.10. The maximum Gasteiger partial charge on any atom is 0.512 e. The van der Waals surface area contributed by atoms with E-state index >= 15 is 0 Å². The number of fused-ring (bicyclic) bond motifs is 2. The molecule has 3 aromatic carbocycles. The Morgan fingerprint density at radius 1 is 1.00 bits per heavy atom. The van der Waals surface area contributed by atoms with Crippen LogP contribution in [0.2, 0.25) is 5.02 Å². The third kappa shape index (κ3) is 3.75. The standard InChI is InChI=1S/C22H18ClNO4/c23-17-10-9-16-13-21(28-22(25)26)24(19(16)14-17)11-4-12-27-20-8-3-6-15-5-1-2-7-18(15)20/h1-3,5-10,13-14H,4,11-12H2,(H,25,26). The van der Waals surface area contributed by atoms with Gasteiger partial charge in [0.1, 0.15) is 5.75 Å². The lowest BCUT2D eigenvalue weighted by molar-refractivity contribution is 0.140. The summed E-state index contributed by atoms with van der Waals surface area (Å²) in [5.74, 6) is 1.11. The molecule has 6 heteroatoms. The van der Waals surface area contributed by atoms with Crippen molar-refractivity contribution >= 4 is 39.4 Å². The zero-order valence-corrected chi connectivity index (χ0v) is 15.7. The van der Waals surface area contributed by atoms with E-state index in [1.54, 1.807) is 18.2 Å². The molecule has 0 aliphatic carbocycles. The highest BCUT2D eigenvalue weighted by molar-refractivity contribution is 6.31. The Morgan fingerprint density at radius 2 is 1.82 bits per heavy atom. The minimum absolute atomic E-state index is 0.273. The average molecular weight is 396 g/mol. The van der Waals surface area contributed by atoms with Gasteiger partial charge < -0.3 is 19.1 Å². The average Bonchev–Trinajstić information content (AvgIpc) is 3.01. The Kier molecular flexibility index (Phi) is 5.08. The first-order valence-electron chi connectivity index (χ1n) is 8.92. The van der Waals surface area contributed by atoms with Gasteiger partial charge >= 0.3 is 6.16 Å². The molecule has 0 unspecified atom stereocenters. The van der Waals surface area contributed by atoms with Gasteiger partial charge in [0, 0.05) is 28.4 Å². The van der Waals surface area contributed by atoms with Crippen LogP contribution in [-0.2, 0) is 6.54 Å². The summed E-state index contributed by atoms with van der Waals surface area (Å²) in [5.41, 5.74) is 0.828. The molecule has 142 valence electrons. The Balaban J connectivity index is 1.50. The van der Waals surface area contributed by atoms with Gasteiger partial charge in [-0.1, -0.05) is 54.1 Å². The highest BCUT2D eigenvalue weighted by atomic mass is 35.5. The summed E-state index contributed by atoms with van der Waals surface area (Å²) in [6.45, 7) is 1.03. The number of aromatic nitrogens is 1. The number of ether oxygens (including phenoxy) is 2. The molecule has 0 aliphatic rings. The molecule has 0 atom stereocenters. The van der Waals surface area contributed by atoms with Crippen molar-refractivity contribution in [2.24, 2.45) is 0 Å². The first-order chi connectivity index (χ1) is 13.6. The molecule has 1 aromatic heterocycles. The lowest BCUT2D eigenvalue weighted by atomic mass is 10.1. The number of hydrogen-bond donors (Lipinski definition) is 1. The number of carboxylic acid groups (broad SMARTS) is 1. The first kappa shape index (κ1) is 18.2. The van der Waals surface area contributed by atoms with Crippen LogP contribution in [-0.4, -0.2) is 22.4 Å². The largest absolute Gasteiger partial charge is 0.512 e. The molecule has 5 nitrogen and oxygen atoms in total. The van der Waals surface area contributed by atoms with Crippen LogP contribution in [0.25, 0.3) is 21.7 Å². The Bertz CT molecular complexity index is 1150. The zero-order chi connectivity index (χ0) is 19.5. The van der Waals surface area contributed by atoms with Gasteiger partial charge in [0.2, 0.25) is 5.88 Å². The van der Waals surface area contributed by atoms with Crippen LogP contribution >= 0.6 is 11.6 Å². The highest BCUT2D eigenvalue weighted by Gasteiger charge is 2.13.